The average molecular weight is 560 g/mol. The number of rotatable bonds is 4. The number of benzene rings is 2. The van der Waals surface area contributed by atoms with Crippen molar-refractivity contribution in [2.75, 3.05) is 0 Å². The van der Waals surface area contributed by atoms with Crippen molar-refractivity contribution in [3.63, 3.8) is 0 Å². The molecule has 2 nitrogen and oxygen atoms in total. The summed E-state index contributed by atoms with van der Waals surface area (Å²) in [6.07, 6.45) is 15.6. The fraction of sp³-hybridized carbons (Fsp3) is 0.235. The number of pyridine rings is 2. The Balaban J connectivity index is 0.000000168. The molecule has 0 fully saturated rings. The second-order valence-electron chi connectivity index (χ2n) is 10.2. The van der Waals surface area contributed by atoms with Gasteiger partial charge >= 0.3 is 26.2 Å². The van der Waals surface area contributed by atoms with Gasteiger partial charge in [-0.25, -0.2) is 0 Å². The van der Waals surface area contributed by atoms with Gasteiger partial charge in [-0.2, -0.15) is 34.7 Å². The molecule has 0 amide bonds. The second kappa shape index (κ2) is 11.2. The summed E-state index contributed by atoms with van der Waals surface area (Å²) in [7, 11) is 0. The Morgan fingerprint density at radius 1 is 0.541 bits per heavy atom. The summed E-state index contributed by atoms with van der Waals surface area (Å²) in [5.41, 5.74) is 1.78. The number of nitrogens with zero attached hydrogens (tertiary/aromatic N) is 2. The molecule has 2 heterocycles. The summed E-state index contributed by atoms with van der Waals surface area (Å²) in [6, 6.07) is 29.0. The van der Waals surface area contributed by atoms with Gasteiger partial charge in [0.2, 0.25) is 0 Å². The molecule has 2 aromatic carbocycles. The van der Waals surface area contributed by atoms with E-state index >= 15 is 0 Å². The van der Waals surface area contributed by atoms with Gasteiger partial charge in [-0.05, 0) is 46.9 Å². The van der Waals surface area contributed by atoms with Crippen LogP contribution in [0.25, 0.3) is 24.3 Å². The Labute approximate surface area is 239 Å². The van der Waals surface area contributed by atoms with E-state index < -0.39 is 0 Å². The molecule has 0 radical (unpaired) electrons. The first kappa shape index (κ1) is 27.1. The molecule has 6 rings (SSSR count). The molecule has 2 aliphatic rings. The zero-order chi connectivity index (χ0) is 25.2. The van der Waals surface area contributed by atoms with Gasteiger partial charge in [0.25, 0.3) is 0 Å². The van der Waals surface area contributed by atoms with Crippen LogP contribution in [0.3, 0.4) is 0 Å². The molecule has 0 spiro atoms. The van der Waals surface area contributed by atoms with E-state index in [0.717, 1.165) is 11.4 Å². The van der Waals surface area contributed by atoms with E-state index in [4.69, 9.17) is 0 Å². The van der Waals surface area contributed by atoms with E-state index in [9.17, 15) is 0 Å². The van der Waals surface area contributed by atoms with Gasteiger partial charge in [-0.15, -0.1) is 46.9 Å². The summed E-state index contributed by atoms with van der Waals surface area (Å²) in [5.74, 6) is 0.861. The number of hydrogen-bond donors (Lipinski definition) is 0. The minimum atomic E-state index is -0.190. The molecule has 37 heavy (non-hydrogen) atoms. The predicted molar refractivity (Wildman–Crippen MR) is 149 cm³/mol. The van der Waals surface area contributed by atoms with Crippen LogP contribution < -0.4 is 20.9 Å². The molecular weight excluding hydrogens is 528 g/mol. The standard InChI is InChI=1S/2C17H16N.Zr/c2*1-13(2)17(16-9-5-6-10-18-16)11-14-7-3-4-8-15(14)12-17;/h2*3-11,13H,1-2H3;/q2*-1;+2. The molecule has 2 atom stereocenters. The quantitative estimate of drug-likeness (QED) is 0.350. The SMILES string of the molecule is CC(C)C1(c2ccccn2)[C-]=c2ccccc2=C1.CC(C)C1(c2ccccn2)[C-]=c2ccccc2=C1.[Zr+2]. The van der Waals surface area contributed by atoms with E-state index in [0.29, 0.717) is 11.8 Å². The molecule has 0 saturated heterocycles. The smallest absolute Gasteiger partial charge is 0.261 e. The van der Waals surface area contributed by atoms with Crippen molar-refractivity contribution in [1.82, 2.24) is 9.97 Å². The molecule has 0 aliphatic heterocycles. The summed E-state index contributed by atoms with van der Waals surface area (Å²) in [4.78, 5) is 9.09. The zero-order valence-corrected chi connectivity index (χ0v) is 24.4. The van der Waals surface area contributed by atoms with Crippen LogP contribution in [-0.4, -0.2) is 9.97 Å². The summed E-state index contributed by atoms with van der Waals surface area (Å²) in [5, 5.41) is 4.91. The van der Waals surface area contributed by atoms with Gasteiger partial charge in [-0.3, -0.25) is 9.97 Å². The average Bonchev–Trinajstić information content (AvgIpc) is 3.51. The molecular formula is C34H32N2Zr. The first-order valence-electron chi connectivity index (χ1n) is 12.7. The van der Waals surface area contributed by atoms with Crippen LogP contribution in [-0.2, 0) is 37.0 Å². The van der Waals surface area contributed by atoms with Crippen molar-refractivity contribution in [3.05, 3.63) is 130 Å². The van der Waals surface area contributed by atoms with Gasteiger partial charge in [0.05, 0.1) is 0 Å². The van der Waals surface area contributed by atoms with Crippen molar-refractivity contribution < 1.29 is 26.2 Å². The number of aromatic nitrogens is 2. The van der Waals surface area contributed by atoms with Crippen LogP contribution in [0.5, 0.6) is 0 Å². The maximum absolute atomic E-state index is 4.54. The topological polar surface area (TPSA) is 25.8 Å². The van der Waals surface area contributed by atoms with E-state index in [2.05, 4.69) is 123 Å². The zero-order valence-electron chi connectivity index (χ0n) is 21.9. The van der Waals surface area contributed by atoms with Crippen molar-refractivity contribution in [2.45, 2.75) is 38.5 Å². The van der Waals surface area contributed by atoms with Gasteiger partial charge in [0.15, 0.2) is 0 Å². The first-order chi connectivity index (χ1) is 17.4. The third-order valence-corrected chi connectivity index (χ3v) is 7.37. The maximum Gasteiger partial charge on any atom is 2.00 e. The number of hydrogen-bond acceptors (Lipinski definition) is 2. The van der Waals surface area contributed by atoms with Crippen LogP contribution in [0, 0.1) is 11.8 Å². The van der Waals surface area contributed by atoms with Crippen molar-refractivity contribution in [2.24, 2.45) is 11.8 Å². The Morgan fingerprint density at radius 3 is 1.24 bits per heavy atom. The minimum absolute atomic E-state index is 0. The number of fused-ring (bicyclic) bond motifs is 2. The summed E-state index contributed by atoms with van der Waals surface area (Å²) >= 11 is 0. The van der Waals surface area contributed by atoms with E-state index in [1.807, 2.05) is 36.7 Å². The van der Waals surface area contributed by atoms with Gasteiger partial charge < -0.3 is 0 Å². The molecule has 0 N–H and O–H groups in total. The molecule has 2 aliphatic carbocycles. The van der Waals surface area contributed by atoms with Crippen molar-refractivity contribution in [1.29, 1.82) is 0 Å². The Morgan fingerprint density at radius 2 is 0.919 bits per heavy atom. The van der Waals surface area contributed by atoms with Gasteiger partial charge in [-0.1, -0.05) is 52.0 Å². The van der Waals surface area contributed by atoms with E-state index in [1.54, 1.807) is 0 Å². The second-order valence-corrected chi connectivity index (χ2v) is 10.2. The van der Waals surface area contributed by atoms with Crippen LogP contribution in [0.1, 0.15) is 39.1 Å². The summed E-state index contributed by atoms with van der Waals surface area (Å²) < 4.78 is 0. The van der Waals surface area contributed by atoms with Crippen molar-refractivity contribution >= 4 is 24.3 Å². The minimum Gasteiger partial charge on any atom is -0.261 e. The molecule has 4 aromatic rings. The third-order valence-electron chi connectivity index (χ3n) is 7.37. The molecule has 2 unspecified atom stereocenters. The predicted octanol–water partition coefficient (Wildman–Crippen LogP) is 4.25. The van der Waals surface area contributed by atoms with Crippen LogP contribution >= 0.6 is 0 Å². The van der Waals surface area contributed by atoms with Crippen LogP contribution in [0.15, 0.2) is 97.3 Å². The molecule has 2 aromatic heterocycles. The fourth-order valence-electron chi connectivity index (χ4n) is 5.19. The van der Waals surface area contributed by atoms with E-state index in [1.165, 1.54) is 20.9 Å². The monoisotopic (exact) mass is 558 g/mol. The fourth-order valence-corrected chi connectivity index (χ4v) is 5.19. The largest absolute Gasteiger partial charge is 2.00 e. The Hall–Kier alpha value is -2.90. The van der Waals surface area contributed by atoms with Gasteiger partial charge in [0.1, 0.15) is 0 Å². The third kappa shape index (κ3) is 5.12. The van der Waals surface area contributed by atoms with Crippen LogP contribution in [0.4, 0.5) is 0 Å². The maximum atomic E-state index is 4.54. The normalized spacial score (nSPS) is 20.7. The molecule has 182 valence electrons. The first-order valence-corrected chi connectivity index (χ1v) is 12.7. The molecule has 3 heteroatoms. The Bertz CT molecular complexity index is 1400. The molecule has 0 bridgehead atoms. The van der Waals surface area contributed by atoms with Crippen LogP contribution in [0.2, 0.25) is 0 Å². The van der Waals surface area contributed by atoms with Crippen molar-refractivity contribution in [3.8, 4) is 0 Å². The Kier molecular flexibility index (Phi) is 8.24. The summed E-state index contributed by atoms with van der Waals surface area (Å²) in [6.45, 7) is 8.90. The van der Waals surface area contributed by atoms with E-state index in [-0.39, 0.29) is 37.0 Å². The van der Waals surface area contributed by atoms with Gasteiger partial charge in [0, 0.05) is 23.8 Å². The molecule has 0 saturated carbocycles.